The van der Waals surface area contributed by atoms with Crippen LogP contribution >= 0.6 is 24.0 Å². The molecule has 0 saturated carbocycles. The van der Waals surface area contributed by atoms with Gasteiger partial charge in [0.1, 0.15) is 5.75 Å². The first kappa shape index (κ1) is 17.3. The molecule has 0 aliphatic heterocycles. The van der Waals surface area contributed by atoms with E-state index in [2.05, 4.69) is 15.4 Å². The topological polar surface area (TPSA) is 77.5 Å². The van der Waals surface area contributed by atoms with Crippen molar-refractivity contribution >= 4 is 35.6 Å². The number of benzene rings is 1. The Labute approximate surface area is 141 Å². The van der Waals surface area contributed by atoms with Crippen LogP contribution in [0.4, 0.5) is 5.69 Å². The maximum absolute atomic E-state index is 5.86. The summed E-state index contributed by atoms with van der Waals surface area (Å²) in [4.78, 5) is 4.29. The van der Waals surface area contributed by atoms with E-state index in [0.29, 0.717) is 12.5 Å². The highest BCUT2D eigenvalue weighted by Crippen LogP contribution is 2.22. The van der Waals surface area contributed by atoms with Gasteiger partial charge in [-0.1, -0.05) is 12.1 Å². The zero-order valence-electron chi connectivity index (χ0n) is 12.1. The standard InChI is InChI=1S/C14H19N5O.HI/c1-19-10-11(9-17-19)7-8-16-14(15)18-12-5-3-4-6-13(12)20-2;/h3-6,9-10H,7-8H2,1-2H3,(H3,15,16,18);1H. The highest BCUT2D eigenvalue weighted by molar-refractivity contribution is 14.0. The number of hydrogen-bond donors (Lipinski definition) is 2. The number of rotatable bonds is 5. The summed E-state index contributed by atoms with van der Waals surface area (Å²) in [5.74, 6) is 1.11. The van der Waals surface area contributed by atoms with Crippen LogP contribution in [0.25, 0.3) is 0 Å². The summed E-state index contributed by atoms with van der Waals surface area (Å²) in [6.07, 6.45) is 4.61. The number of aryl methyl sites for hydroxylation is 1. The van der Waals surface area contributed by atoms with Gasteiger partial charge in [-0.05, 0) is 24.1 Å². The van der Waals surface area contributed by atoms with Gasteiger partial charge in [-0.2, -0.15) is 5.10 Å². The maximum Gasteiger partial charge on any atom is 0.193 e. The average Bonchev–Trinajstić information content (AvgIpc) is 2.85. The molecule has 0 aliphatic carbocycles. The molecule has 0 atom stereocenters. The van der Waals surface area contributed by atoms with Gasteiger partial charge in [0.15, 0.2) is 5.96 Å². The second-order valence-electron chi connectivity index (χ2n) is 4.36. The molecule has 114 valence electrons. The van der Waals surface area contributed by atoms with Crippen LogP contribution in [0.3, 0.4) is 0 Å². The number of methoxy groups -OCH3 is 1. The van der Waals surface area contributed by atoms with Crippen molar-refractivity contribution in [1.29, 1.82) is 0 Å². The van der Waals surface area contributed by atoms with Gasteiger partial charge >= 0.3 is 0 Å². The molecule has 0 radical (unpaired) electrons. The van der Waals surface area contributed by atoms with Crippen molar-refractivity contribution in [2.24, 2.45) is 17.8 Å². The quantitative estimate of drug-likeness (QED) is 0.457. The minimum absolute atomic E-state index is 0. The summed E-state index contributed by atoms with van der Waals surface area (Å²) in [5.41, 5.74) is 7.80. The maximum atomic E-state index is 5.86. The molecule has 0 fully saturated rings. The number of guanidine groups is 1. The van der Waals surface area contributed by atoms with Crippen molar-refractivity contribution in [2.75, 3.05) is 19.0 Å². The molecular formula is C14H20IN5O. The number of aromatic nitrogens is 2. The fourth-order valence-electron chi connectivity index (χ4n) is 1.83. The second-order valence-corrected chi connectivity index (χ2v) is 4.36. The summed E-state index contributed by atoms with van der Waals surface area (Å²) in [5, 5.41) is 7.14. The highest BCUT2D eigenvalue weighted by atomic mass is 127. The van der Waals surface area contributed by atoms with Crippen molar-refractivity contribution < 1.29 is 4.74 Å². The van der Waals surface area contributed by atoms with E-state index in [1.54, 1.807) is 11.8 Å². The largest absolute Gasteiger partial charge is 0.495 e. The monoisotopic (exact) mass is 401 g/mol. The van der Waals surface area contributed by atoms with Crippen molar-refractivity contribution in [1.82, 2.24) is 9.78 Å². The van der Waals surface area contributed by atoms with Crippen molar-refractivity contribution in [2.45, 2.75) is 6.42 Å². The average molecular weight is 401 g/mol. The Kier molecular flexibility index (Phi) is 7.00. The van der Waals surface area contributed by atoms with Gasteiger partial charge in [0.25, 0.3) is 0 Å². The summed E-state index contributed by atoms with van der Waals surface area (Å²) in [6, 6.07) is 7.57. The number of nitrogens with one attached hydrogen (secondary N) is 1. The predicted octanol–water partition coefficient (Wildman–Crippen LogP) is 2.02. The number of aliphatic imine (C=N–C) groups is 1. The van der Waals surface area contributed by atoms with Gasteiger partial charge < -0.3 is 15.8 Å². The van der Waals surface area contributed by atoms with Crippen molar-refractivity contribution in [3.8, 4) is 5.75 Å². The van der Waals surface area contributed by atoms with E-state index in [1.807, 2.05) is 43.7 Å². The molecule has 3 N–H and O–H groups in total. The Morgan fingerprint density at radius 3 is 2.86 bits per heavy atom. The lowest BCUT2D eigenvalue weighted by Crippen LogP contribution is -2.23. The first-order chi connectivity index (χ1) is 9.69. The van der Waals surface area contributed by atoms with E-state index in [1.165, 1.54) is 0 Å². The third kappa shape index (κ3) is 5.25. The van der Waals surface area contributed by atoms with Gasteiger partial charge in [-0.25, -0.2) is 0 Å². The summed E-state index contributed by atoms with van der Waals surface area (Å²) in [7, 11) is 3.51. The van der Waals surface area contributed by atoms with Crippen molar-refractivity contribution in [3.63, 3.8) is 0 Å². The summed E-state index contributed by atoms with van der Waals surface area (Å²) >= 11 is 0. The number of nitrogens with two attached hydrogens (primary N) is 1. The molecule has 1 aromatic carbocycles. The zero-order chi connectivity index (χ0) is 14.4. The number of nitrogens with zero attached hydrogens (tertiary/aromatic N) is 3. The van der Waals surface area contributed by atoms with Gasteiger partial charge in [0, 0.05) is 19.8 Å². The van der Waals surface area contributed by atoms with Crippen LogP contribution in [0.1, 0.15) is 5.56 Å². The lowest BCUT2D eigenvalue weighted by atomic mass is 10.2. The normalized spacial score (nSPS) is 10.9. The van der Waals surface area contributed by atoms with Crippen LogP contribution in [0.15, 0.2) is 41.7 Å². The lowest BCUT2D eigenvalue weighted by molar-refractivity contribution is 0.417. The van der Waals surface area contributed by atoms with Crippen LogP contribution in [0.5, 0.6) is 5.75 Å². The molecule has 0 bridgehead atoms. The van der Waals surface area contributed by atoms with E-state index in [-0.39, 0.29) is 24.0 Å². The molecule has 2 aromatic rings. The number of anilines is 1. The molecular weight excluding hydrogens is 381 g/mol. The molecule has 7 heteroatoms. The summed E-state index contributed by atoms with van der Waals surface area (Å²) < 4.78 is 7.01. The minimum Gasteiger partial charge on any atom is -0.495 e. The van der Waals surface area contributed by atoms with Gasteiger partial charge in [0.05, 0.1) is 19.0 Å². The Hall–Kier alpha value is -1.77. The highest BCUT2D eigenvalue weighted by Gasteiger charge is 2.02. The zero-order valence-corrected chi connectivity index (χ0v) is 14.4. The second kappa shape index (κ2) is 8.50. The van der Waals surface area contributed by atoms with Crippen LogP contribution < -0.4 is 15.8 Å². The number of ether oxygens (including phenoxy) is 1. The molecule has 0 amide bonds. The van der Waals surface area contributed by atoms with E-state index in [4.69, 9.17) is 10.5 Å². The lowest BCUT2D eigenvalue weighted by Gasteiger charge is -2.09. The van der Waals surface area contributed by atoms with Gasteiger partial charge in [-0.15, -0.1) is 24.0 Å². The number of halogens is 1. The molecule has 21 heavy (non-hydrogen) atoms. The first-order valence-electron chi connectivity index (χ1n) is 6.36. The van der Waals surface area contributed by atoms with Crippen LogP contribution in [0, 0.1) is 0 Å². The SMILES string of the molecule is COc1ccccc1NC(N)=NCCc1cnn(C)c1.I. The molecule has 0 saturated heterocycles. The molecule has 0 spiro atoms. The Balaban J connectivity index is 0.00000220. The Morgan fingerprint density at radius 1 is 1.43 bits per heavy atom. The Morgan fingerprint density at radius 2 is 2.19 bits per heavy atom. The van der Waals surface area contributed by atoms with Crippen LogP contribution in [-0.4, -0.2) is 29.4 Å². The minimum atomic E-state index is 0. The molecule has 0 unspecified atom stereocenters. The van der Waals surface area contributed by atoms with Crippen LogP contribution in [-0.2, 0) is 13.5 Å². The fraction of sp³-hybridized carbons (Fsp3) is 0.286. The van der Waals surface area contributed by atoms with Crippen molar-refractivity contribution in [3.05, 3.63) is 42.2 Å². The number of para-hydroxylation sites is 2. The summed E-state index contributed by atoms with van der Waals surface area (Å²) in [6.45, 7) is 0.611. The molecule has 1 heterocycles. The van der Waals surface area contributed by atoms with E-state index in [0.717, 1.165) is 23.4 Å². The predicted molar refractivity (Wildman–Crippen MR) is 95.4 cm³/mol. The van der Waals surface area contributed by atoms with Gasteiger partial charge in [0.2, 0.25) is 0 Å². The smallest absolute Gasteiger partial charge is 0.193 e. The third-order valence-corrected chi connectivity index (χ3v) is 2.81. The Bertz CT molecular complexity index is 597. The van der Waals surface area contributed by atoms with Crippen LogP contribution in [0.2, 0.25) is 0 Å². The van der Waals surface area contributed by atoms with E-state index in [9.17, 15) is 0 Å². The fourth-order valence-corrected chi connectivity index (χ4v) is 1.83. The van der Waals surface area contributed by atoms with Gasteiger partial charge in [-0.3, -0.25) is 9.67 Å². The molecule has 1 aromatic heterocycles. The molecule has 2 rings (SSSR count). The first-order valence-corrected chi connectivity index (χ1v) is 6.36. The third-order valence-electron chi connectivity index (χ3n) is 2.81. The molecule has 6 nitrogen and oxygen atoms in total. The molecule has 0 aliphatic rings. The van der Waals surface area contributed by atoms with E-state index < -0.39 is 0 Å². The van der Waals surface area contributed by atoms with E-state index >= 15 is 0 Å². The number of hydrogen-bond acceptors (Lipinski definition) is 3.